The molecule has 0 atom stereocenters. The summed E-state index contributed by atoms with van der Waals surface area (Å²) in [6, 6.07) is 17.3. The summed E-state index contributed by atoms with van der Waals surface area (Å²) in [5, 5.41) is 11.7. The van der Waals surface area contributed by atoms with Gasteiger partial charge in [-0.2, -0.15) is 4.98 Å². The van der Waals surface area contributed by atoms with Crippen LogP contribution in [-0.4, -0.2) is 63.8 Å². The van der Waals surface area contributed by atoms with E-state index in [0.29, 0.717) is 0 Å². The van der Waals surface area contributed by atoms with E-state index in [2.05, 4.69) is 10.3 Å². The number of amides is 2. The molecule has 2 amide bonds. The van der Waals surface area contributed by atoms with Crippen LogP contribution in [0.15, 0.2) is 65.6 Å². The van der Waals surface area contributed by atoms with Gasteiger partial charge >= 0.3 is 17.8 Å². The van der Waals surface area contributed by atoms with Crippen LogP contribution in [0, 0.1) is 0 Å². The van der Waals surface area contributed by atoms with Crippen LogP contribution >= 0.6 is 0 Å². The normalized spacial score (nSPS) is 11.9. The van der Waals surface area contributed by atoms with Crippen molar-refractivity contribution < 1.29 is 24.2 Å². The van der Waals surface area contributed by atoms with Crippen molar-refractivity contribution in [2.24, 2.45) is 0 Å². The van der Waals surface area contributed by atoms with E-state index in [-0.39, 0.29) is 31.4 Å². The highest BCUT2D eigenvalue weighted by atomic mass is 16.5. The van der Waals surface area contributed by atoms with Crippen LogP contribution in [0.25, 0.3) is 11.1 Å². The highest BCUT2D eigenvalue weighted by Crippen LogP contribution is 2.44. The molecule has 1 heterocycles. The standard InChI is InChI=1S/C25H25N5O6/c26-21-9-11-30(24(34)28-21)13-22(31)29(14-23(32)33)12-10-27-25(35)36-15-20-18-7-3-1-5-16(18)17-6-2-4-8-19(17)20/h1-9,11,20H,10,12-15H2,(H,27,35)(H,32,33)(H2,26,28,34). The first-order chi connectivity index (χ1) is 17.3. The third kappa shape index (κ3) is 5.52. The number of hydrogen-bond acceptors (Lipinski definition) is 7. The molecule has 1 aliphatic rings. The first-order valence-corrected chi connectivity index (χ1v) is 11.2. The van der Waals surface area contributed by atoms with Crippen molar-refractivity contribution in [2.75, 3.05) is 32.0 Å². The molecule has 4 rings (SSSR count). The molecule has 0 fully saturated rings. The highest BCUT2D eigenvalue weighted by Gasteiger charge is 2.29. The lowest BCUT2D eigenvalue weighted by Gasteiger charge is -2.21. The van der Waals surface area contributed by atoms with Gasteiger partial charge in [0.1, 0.15) is 25.5 Å². The van der Waals surface area contributed by atoms with Crippen molar-refractivity contribution in [3.63, 3.8) is 0 Å². The Bertz CT molecular complexity index is 1310. The largest absolute Gasteiger partial charge is 0.480 e. The molecule has 0 aliphatic heterocycles. The molecule has 11 nitrogen and oxygen atoms in total. The number of carboxylic acids is 1. The number of hydrogen-bond donors (Lipinski definition) is 3. The van der Waals surface area contributed by atoms with E-state index in [9.17, 15) is 19.2 Å². The van der Waals surface area contributed by atoms with E-state index in [1.807, 2.05) is 48.5 Å². The average molecular weight is 492 g/mol. The minimum Gasteiger partial charge on any atom is -0.480 e. The molecule has 0 bridgehead atoms. The number of nitrogens with one attached hydrogen (secondary N) is 1. The van der Waals surface area contributed by atoms with Gasteiger partial charge in [-0.3, -0.25) is 14.2 Å². The number of alkyl carbamates (subject to hydrolysis) is 1. The number of ether oxygens (including phenoxy) is 1. The molecule has 0 unspecified atom stereocenters. The van der Waals surface area contributed by atoms with Gasteiger partial charge in [-0.15, -0.1) is 0 Å². The lowest BCUT2D eigenvalue weighted by Crippen LogP contribution is -2.44. The molecule has 11 heteroatoms. The summed E-state index contributed by atoms with van der Waals surface area (Å²) in [5.74, 6) is -1.94. The van der Waals surface area contributed by atoms with Crippen LogP contribution in [0.2, 0.25) is 0 Å². The smallest absolute Gasteiger partial charge is 0.407 e. The van der Waals surface area contributed by atoms with Crippen molar-refractivity contribution in [3.8, 4) is 11.1 Å². The van der Waals surface area contributed by atoms with Crippen molar-refractivity contribution in [1.29, 1.82) is 0 Å². The molecule has 1 aromatic heterocycles. The van der Waals surface area contributed by atoms with Crippen molar-refractivity contribution in [3.05, 3.63) is 82.4 Å². The predicted molar refractivity (Wildman–Crippen MR) is 130 cm³/mol. The zero-order valence-electron chi connectivity index (χ0n) is 19.3. The second kappa shape index (κ2) is 10.7. The first kappa shape index (κ1) is 24.5. The van der Waals surface area contributed by atoms with Gasteiger partial charge in [0.25, 0.3) is 0 Å². The Kier molecular flexibility index (Phi) is 7.28. The molecular weight excluding hydrogens is 466 g/mol. The molecule has 36 heavy (non-hydrogen) atoms. The Hall–Kier alpha value is -4.67. The third-order valence-electron chi connectivity index (χ3n) is 5.87. The van der Waals surface area contributed by atoms with Crippen LogP contribution < -0.4 is 16.7 Å². The molecular formula is C25H25N5O6. The number of aromatic nitrogens is 2. The molecule has 0 radical (unpaired) electrons. The Labute approximate surface area is 206 Å². The van der Waals surface area contributed by atoms with Crippen molar-refractivity contribution in [1.82, 2.24) is 19.8 Å². The van der Waals surface area contributed by atoms with E-state index in [1.165, 1.54) is 12.3 Å². The number of fused-ring (bicyclic) bond motifs is 3. The van der Waals surface area contributed by atoms with Gasteiger partial charge in [0, 0.05) is 25.2 Å². The molecule has 186 valence electrons. The number of carbonyl (C=O) groups excluding carboxylic acids is 2. The van der Waals surface area contributed by atoms with Crippen LogP contribution in [0.3, 0.4) is 0 Å². The summed E-state index contributed by atoms with van der Waals surface area (Å²) >= 11 is 0. The summed E-state index contributed by atoms with van der Waals surface area (Å²) < 4.78 is 6.47. The molecule has 1 aliphatic carbocycles. The number of anilines is 1. The molecule has 0 spiro atoms. The number of carbonyl (C=O) groups is 3. The van der Waals surface area contributed by atoms with Gasteiger partial charge in [-0.1, -0.05) is 48.5 Å². The van der Waals surface area contributed by atoms with Crippen LogP contribution in [-0.2, 0) is 20.9 Å². The minimum atomic E-state index is -1.23. The quantitative estimate of drug-likeness (QED) is 0.404. The summed E-state index contributed by atoms with van der Waals surface area (Å²) in [6.07, 6.45) is 0.620. The molecule has 3 aromatic rings. The number of aliphatic carboxylic acids is 1. The predicted octanol–water partition coefficient (Wildman–Crippen LogP) is 1.28. The number of nitrogens with zero attached hydrogens (tertiary/aromatic N) is 3. The maximum Gasteiger partial charge on any atom is 0.407 e. The van der Waals surface area contributed by atoms with E-state index >= 15 is 0 Å². The molecule has 2 aromatic carbocycles. The number of benzene rings is 2. The average Bonchev–Trinajstić information content (AvgIpc) is 3.17. The zero-order valence-corrected chi connectivity index (χ0v) is 19.3. The Balaban J connectivity index is 1.32. The SMILES string of the molecule is Nc1ccn(CC(=O)N(CCNC(=O)OCC2c3ccccc3-c3ccccc32)CC(=O)O)c(=O)n1. The molecule has 0 saturated carbocycles. The minimum absolute atomic E-state index is 0.0124. The first-order valence-electron chi connectivity index (χ1n) is 11.2. The van der Waals surface area contributed by atoms with Crippen molar-refractivity contribution >= 4 is 23.8 Å². The van der Waals surface area contributed by atoms with Crippen LogP contribution in [0.1, 0.15) is 17.0 Å². The second-order valence-electron chi connectivity index (χ2n) is 8.22. The highest BCUT2D eigenvalue weighted by molar-refractivity contribution is 5.81. The lowest BCUT2D eigenvalue weighted by atomic mass is 9.98. The van der Waals surface area contributed by atoms with Gasteiger partial charge in [-0.25, -0.2) is 9.59 Å². The third-order valence-corrected chi connectivity index (χ3v) is 5.87. The number of nitrogen functional groups attached to an aromatic ring is 1. The fourth-order valence-electron chi connectivity index (χ4n) is 4.21. The Morgan fingerprint density at radius 2 is 1.69 bits per heavy atom. The fourth-order valence-corrected chi connectivity index (χ4v) is 4.21. The zero-order chi connectivity index (χ0) is 25.7. The maximum atomic E-state index is 12.6. The number of rotatable bonds is 9. The van der Waals surface area contributed by atoms with E-state index in [0.717, 1.165) is 31.7 Å². The van der Waals surface area contributed by atoms with Crippen LogP contribution in [0.5, 0.6) is 0 Å². The topological polar surface area (TPSA) is 157 Å². The van der Waals surface area contributed by atoms with Crippen LogP contribution in [0.4, 0.5) is 10.6 Å². The monoisotopic (exact) mass is 491 g/mol. The Morgan fingerprint density at radius 3 is 2.31 bits per heavy atom. The lowest BCUT2D eigenvalue weighted by molar-refractivity contribution is -0.144. The fraction of sp³-hybridized carbons (Fsp3) is 0.240. The van der Waals surface area contributed by atoms with Gasteiger partial charge in [0.05, 0.1) is 0 Å². The van der Waals surface area contributed by atoms with Gasteiger partial charge in [0.2, 0.25) is 5.91 Å². The maximum absolute atomic E-state index is 12.6. The summed E-state index contributed by atoms with van der Waals surface area (Å²) in [7, 11) is 0. The summed E-state index contributed by atoms with van der Waals surface area (Å²) in [4.78, 5) is 52.6. The second-order valence-corrected chi connectivity index (χ2v) is 8.22. The summed E-state index contributed by atoms with van der Waals surface area (Å²) in [5.41, 5.74) is 9.10. The molecule has 0 saturated heterocycles. The number of nitrogens with two attached hydrogens (primary N) is 1. The van der Waals surface area contributed by atoms with Gasteiger partial charge in [0.15, 0.2) is 0 Å². The summed E-state index contributed by atoms with van der Waals surface area (Å²) in [6.45, 7) is -1.01. The Morgan fingerprint density at radius 1 is 1.06 bits per heavy atom. The van der Waals surface area contributed by atoms with E-state index in [1.54, 1.807) is 0 Å². The van der Waals surface area contributed by atoms with E-state index in [4.69, 9.17) is 15.6 Å². The molecule has 4 N–H and O–H groups in total. The number of carboxylic acid groups (broad SMARTS) is 1. The van der Waals surface area contributed by atoms with Gasteiger partial charge in [-0.05, 0) is 28.3 Å². The van der Waals surface area contributed by atoms with Gasteiger partial charge < -0.3 is 25.8 Å². The van der Waals surface area contributed by atoms with E-state index < -0.39 is 36.7 Å². The van der Waals surface area contributed by atoms with Crippen molar-refractivity contribution in [2.45, 2.75) is 12.5 Å².